The summed E-state index contributed by atoms with van der Waals surface area (Å²) < 4.78 is 5.21. The lowest BCUT2D eigenvalue weighted by molar-refractivity contribution is -0.140. The van der Waals surface area contributed by atoms with E-state index in [1.165, 1.54) is 6.42 Å². The third-order valence-corrected chi connectivity index (χ3v) is 4.53. The van der Waals surface area contributed by atoms with Crippen LogP contribution in [0.4, 0.5) is 0 Å². The number of carbonyl (C=O) groups is 2. The number of allylic oxidation sites excluding steroid dienone is 1. The maximum Gasteiger partial charge on any atom is 0.333 e. The topological polar surface area (TPSA) is 49.9 Å². The number of amides is 1. The molecule has 0 bridgehead atoms. The van der Waals surface area contributed by atoms with Crippen molar-refractivity contribution in [1.82, 2.24) is 9.80 Å². The van der Waals surface area contributed by atoms with Crippen LogP contribution in [0, 0.1) is 5.92 Å². The number of carbonyl (C=O) groups excluding carboxylic acids is 2. The standard InChI is InChI=1S/C16H26N2O3/c1-3-13(2)16(20)21-12-11-17-7-9-18(10-8-17)15(19)14-5-4-6-14/h3,14H,4-12H2,1-2H3. The molecule has 2 fully saturated rings. The Morgan fingerprint density at radius 3 is 2.38 bits per heavy atom. The van der Waals surface area contributed by atoms with E-state index in [9.17, 15) is 9.59 Å². The zero-order chi connectivity index (χ0) is 15.2. The number of esters is 1. The SMILES string of the molecule is CC=C(C)C(=O)OCCN1CCN(C(=O)C2CCC2)CC1. The fraction of sp³-hybridized carbons (Fsp3) is 0.750. The minimum absolute atomic E-state index is 0.240. The Morgan fingerprint density at radius 1 is 1.19 bits per heavy atom. The number of ether oxygens (including phenoxy) is 1. The Bertz CT molecular complexity index is 408. The highest BCUT2D eigenvalue weighted by Gasteiger charge is 2.31. The van der Waals surface area contributed by atoms with Crippen molar-refractivity contribution >= 4 is 11.9 Å². The van der Waals surface area contributed by atoms with Gasteiger partial charge in [-0.1, -0.05) is 12.5 Å². The van der Waals surface area contributed by atoms with E-state index in [4.69, 9.17) is 4.74 Å². The first-order chi connectivity index (χ1) is 10.1. The molecule has 118 valence electrons. The molecular weight excluding hydrogens is 268 g/mol. The lowest BCUT2D eigenvalue weighted by Gasteiger charge is -2.38. The largest absolute Gasteiger partial charge is 0.461 e. The number of hydrogen-bond acceptors (Lipinski definition) is 4. The summed E-state index contributed by atoms with van der Waals surface area (Å²) in [5.41, 5.74) is 0.644. The van der Waals surface area contributed by atoms with Crippen LogP contribution in [0.1, 0.15) is 33.1 Å². The number of piperazine rings is 1. The predicted molar refractivity (Wildman–Crippen MR) is 80.8 cm³/mol. The fourth-order valence-corrected chi connectivity index (χ4v) is 2.60. The van der Waals surface area contributed by atoms with Gasteiger partial charge in [-0.05, 0) is 26.7 Å². The molecule has 1 saturated carbocycles. The Hall–Kier alpha value is -1.36. The van der Waals surface area contributed by atoms with E-state index < -0.39 is 0 Å². The molecule has 1 amide bonds. The molecule has 0 aromatic heterocycles. The molecule has 2 rings (SSSR count). The Balaban J connectivity index is 1.63. The van der Waals surface area contributed by atoms with Gasteiger partial charge in [0.25, 0.3) is 0 Å². The van der Waals surface area contributed by atoms with Crippen LogP contribution in [-0.2, 0) is 14.3 Å². The van der Waals surface area contributed by atoms with E-state index in [1.54, 1.807) is 13.0 Å². The summed E-state index contributed by atoms with van der Waals surface area (Å²) in [6.07, 6.45) is 5.10. The van der Waals surface area contributed by atoms with Gasteiger partial charge in [-0.2, -0.15) is 0 Å². The summed E-state index contributed by atoms with van der Waals surface area (Å²) in [6.45, 7) is 8.10. The molecule has 0 unspecified atom stereocenters. The van der Waals surface area contributed by atoms with Crippen molar-refractivity contribution in [2.24, 2.45) is 5.92 Å². The summed E-state index contributed by atoms with van der Waals surface area (Å²) in [6, 6.07) is 0. The zero-order valence-corrected chi connectivity index (χ0v) is 13.1. The van der Waals surface area contributed by atoms with Crippen LogP contribution in [0.2, 0.25) is 0 Å². The van der Waals surface area contributed by atoms with Crippen LogP contribution in [0.3, 0.4) is 0 Å². The normalized spacial score (nSPS) is 21.0. The molecule has 1 heterocycles. The monoisotopic (exact) mass is 294 g/mol. The quantitative estimate of drug-likeness (QED) is 0.569. The van der Waals surface area contributed by atoms with Gasteiger partial charge in [0.05, 0.1) is 0 Å². The van der Waals surface area contributed by atoms with Gasteiger partial charge in [0, 0.05) is 44.2 Å². The minimum atomic E-state index is -0.240. The van der Waals surface area contributed by atoms with Crippen LogP contribution >= 0.6 is 0 Å². The third kappa shape index (κ3) is 4.30. The molecule has 1 aliphatic heterocycles. The van der Waals surface area contributed by atoms with Crippen molar-refractivity contribution in [3.63, 3.8) is 0 Å². The lowest BCUT2D eigenvalue weighted by Crippen LogP contribution is -2.51. The van der Waals surface area contributed by atoms with Gasteiger partial charge >= 0.3 is 5.97 Å². The molecule has 0 radical (unpaired) electrons. The second-order valence-electron chi connectivity index (χ2n) is 5.90. The highest BCUT2D eigenvalue weighted by atomic mass is 16.5. The van der Waals surface area contributed by atoms with Crippen molar-refractivity contribution in [1.29, 1.82) is 0 Å². The molecule has 21 heavy (non-hydrogen) atoms. The molecule has 0 N–H and O–H groups in total. The van der Waals surface area contributed by atoms with Gasteiger partial charge in [-0.25, -0.2) is 4.79 Å². The van der Waals surface area contributed by atoms with Gasteiger partial charge in [0.1, 0.15) is 6.61 Å². The van der Waals surface area contributed by atoms with Gasteiger partial charge in [0.15, 0.2) is 0 Å². The lowest BCUT2D eigenvalue weighted by atomic mass is 9.84. The van der Waals surface area contributed by atoms with Crippen molar-refractivity contribution < 1.29 is 14.3 Å². The van der Waals surface area contributed by atoms with Crippen molar-refractivity contribution in [3.8, 4) is 0 Å². The second-order valence-corrected chi connectivity index (χ2v) is 5.90. The van der Waals surface area contributed by atoms with Crippen LogP contribution < -0.4 is 0 Å². The van der Waals surface area contributed by atoms with E-state index in [2.05, 4.69) is 4.90 Å². The first-order valence-corrected chi connectivity index (χ1v) is 7.93. The number of hydrogen-bond donors (Lipinski definition) is 0. The Kier molecular flexibility index (Phi) is 5.79. The van der Waals surface area contributed by atoms with Gasteiger partial charge in [-0.15, -0.1) is 0 Å². The van der Waals surface area contributed by atoms with Gasteiger partial charge < -0.3 is 9.64 Å². The van der Waals surface area contributed by atoms with E-state index in [-0.39, 0.29) is 5.97 Å². The molecule has 0 aromatic carbocycles. The first kappa shape index (κ1) is 16.0. The average Bonchev–Trinajstić information content (AvgIpc) is 2.45. The van der Waals surface area contributed by atoms with Gasteiger partial charge in [0.2, 0.25) is 5.91 Å². The summed E-state index contributed by atoms with van der Waals surface area (Å²) in [5, 5.41) is 0. The van der Waals surface area contributed by atoms with Crippen LogP contribution in [0.15, 0.2) is 11.6 Å². The maximum atomic E-state index is 12.1. The summed E-state index contributed by atoms with van der Waals surface area (Å²) in [5.74, 6) is 0.397. The highest BCUT2D eigenvalue weighted by molar-refractivity contribution is 5.87. The van der Waals surface area contributed by atoms with Crippen molar-refractivity contribution in [3.05, 3.63) is 11.6 Å². The van der Waals surface area contributed by atoms with E-state index in [1.807, 2.05) is 11.8 Å². The van der Waals surface area contributed by atoms with Crippen LogP contribution in [0.5, 0.6) is 0 Å². The van der Waals surface area contributed by atoms with Crippen LogP contribution in [0.25, 0.3) is 0 Å². The van der Waals surface area contributed by atoms with E-state index in [0.29, 0.717) is 24.0 Å². The fourth-order valence-electron chi connectivity index (χ4n) is 2.60. The van der Waals surface area contributed by atoms with Gasteiger partial charge in [-0.3, -0.25) is 9.69 Å². The zero-order valence-electron chi connectivity index (χ0n) is 13.1. The number of nitrogens with zero attached hydrogens (tertiary/aromatic N) is 2. The molecular formula is C16H26N2O3. The summed E-state index contributed by atoms with van der Waals surface area (Å²) in [4.78, 5) is 27.9. The molecule has 5 nitrogen and oxygen atoms in total. The predicted octanol–water partition coefficient (Wildman–Crippen LogP) is 1.44. The van der Waals surface area contributed by atoms with Crippen molar-refractivity contribution in [2.75, 3.05) is 39.3 Å². The van der Waals surface area contributed by atoms with Crippen LogP contribution in [-0.4, -0.2) is 61.0 Å². The minimum Gasteiger partial charge on any atom is -0.461 e. The second kappa shape index (κ2) is 7.59. The van der Waals surface area contributed by atoms with E-state index in [0.717, 1.165) is 45.6 Å². The Morgan fingerprint density at radius 2 is 1.86 bits per heavy atom. The first-order valence-electron chi connectivity index (χ1n) is 7.93. The molecule has 2 aliphatic rings. The summed E-state index contributed by atoms with van der Waals surface area (Å²) in [7, 11) is 0. The maximum absolute atomic E-state index is 12.1. The van der Waals surface area contributed by atoms with Crippen molar-refractivity contribution in [2.45, 2.75) is 33.1 Å². The molecule has 5 heteroatoms. The summed E-state index contributed by atoms with van der Waals surface area (Å²) >= 11 is 0. The van der Waals surface area contributed by atoms with E-state index >= 15 is 0 Å². The highest BCUT2D eigenvalue weighted by Crippen LogP contribution is 2.28. The molecule has 1 aliphatic carbocycles. The smallest absolute Gasteiger partial charge is 0.333 e. The molecule has 1 saturated heterocycles. The number of rotatable bonds is 5. The molecule has 0 spiro atoms. The Labute approximate surface area is 126 Å². The molecule has 0 aromatic rings. The average molecular weight is 294 g/mol. The third-order valence-electron chi connectivity index (χ3n) is 4.53. The molecule has 0 atom stereocenters.